The number of nitrogens with zero attached hydrogens (tertiary/aromatic N) is 5. The van der Waals surface area contributed by atoms with Crippen molar-refractivity contribution in [1.29, 1.82) is 0 Å². The minimum absolute atomic E-state index is 0.0389. The Balaban J connectivity index is 1.56. The third-order valence-corrected chi connectivity index (χ3v) is 3.60. The number of carboxylic acids is 1. The molecule has 8 heteroatoms. The van der Waals surface area contributed by atoms with E-state index in [1.807, 2.05) is 12.1 Å². The van der Waals surface area contributed by atoms with Gasteiger partial charge in [0.2, 0.25) is 0 Å². The van der Waals surface area contributed by atoms with Crippen molar-refractivity contribution in [3.8, 4) is 0 Å². The first-order chi connectivity index (χ1) is 10.7. The zero-order valence-corrected chi connectivity index (χ0v) is 11.9. The van der Waals surface area contributed by atoms with Crippen LogP contribution in [0.4, 0.5) is 11.6 Å². The second kappa shape index (κ2) is 6.33. The summed E-state index contributed by atoms with van der Waals surface area (Å²) in [6.45, 7) is 1.66. The maximum Gasteiger partial charge on any atom is 0.356 e. The Morgan fingerprint density at radius 2 is 2.09 bits per heavy atom. The quantitative estimate of drug-likeness (QED) is 0.863. The summed E-state index contributed by atoms with van der Waals surface area (Å²) in [4.78, 5) is 20.9. The van der Waals surface area contributed by atoms with E-state index in [1.165, 1.54) is 12.4 Å². The van der Waals surface area contributed by atoms with Crippen LogP contribution in [0.5, 0.6) is 0 Å². The average molecular weight is 300 g/mol. The van der Waals surface area contributed by atoms with Gasteiger partial charge < -0.3 is 15.3 Å². The number of piperidine rings is 1. The van der Waals surface area contributed by atoms with E-state index in [1.54, 1.807) is 6.20 Å². The standard InChI is InChI=1S/C14H16N6O2/c21-14(22)11-8-16-13(9-15-11)20-6-3-10(4-7-20)18-12-2-1-5-17-19-12/h1-2,5,8-10H,3-4,6-7H2,(H,18,19)(H,21,22). The fourth-order valence-electron chi connectivity index (χ4n) is 2.44. The summed E-state index contributed by atoms with van der Waals surface area (Å²) >= 11 is 0. The lowest BCUT2D eigenvalue weighted by molar-refractivity contribution is 0.0690. The third kappa shape index (κ3) is 3.27. The summed E-state index contributed by atoms with van der Waals surface area (Å²) in [7, 11) is 0. The van der Waals surface area contributed by atoms with E-state index in [2.05, 4.69) is 30.4 Å². The molecule has 0 spiro atoms. The van der Waals surface area contributed by atoms with E-state index in [9.17, 15) is 4.79 Å². The van der Waals surface area contributed by atoms with Gasteiger partial charge in [-0.05, 0) is 25.0 Å². The van der Waals surface area contributed by atoms with E-state index in [0.717, 1.165) is 31.7 Å². The molecule has 0 bridgehead atoms. The van der Waals surface area contributed by atoms with E-state index in [0.29, 0.717) is 11.9 Å². The summed E-state index contributed by atoms with van der Waals surface area (Å²) in [6.07, 6.45) is 6.34. The smallest absolute Gasteiger partial charge is 0.356 e. The van der Waals surface area contributed by atoms with Crippen molar-refractivity contribution < 1.29 is 9.90 Å². The van der Waals surface area contributed by atoms with Crippen molar-refractivity contribution in [1.82, 2.24) is 20.2 Å². The Kier molecular flexibility index (Phi) is 4.08. The van der Waals surface area contributed by atoms with Gasteiger partial charge in [0.1, 0.15) is 11.6 Å². The highest BCUT2D eigenvalue weighted by atomic mass is 16.4. The normalized spacial score (nSPS) is 15.5. The van der Waals surface area contributed by atoms with Gasteiger partial charge in [-0.25, -0.2) is 14.8 Å². The second-order valence-electron chi connectivity index (χ2n) is 5.08. The Bertz CT molecular complexity index is 626. The van der Waals surface area contributed by atoms with Crippen molar-refractivity contribution in [2.45, 2.75) is 18.9 Å². The van der Waals surface area contributed by atoms with Crippen molar-refractivity contribution in [2.24, 2.45) is 0 Å². The molecule has 114 valence electrons. The number of aromatic carboxylic acids is 1. The van der Waals surface area contributed by atoms with Crippen LogP contribution in [0.2, 0.25) is 0 Å². The molecule has 0 radical (unpaired) electrons. The van der Waals surface area contributed by atoms with Gasteiger partial charge in [-0.3, -0.25) is 0 Å². The maximum atomic E-state index is 10.8. The molecule has 0 saturated carbocycles. The highest BCUT2D eigenvalue weighted by Crippen LogP contribution is 2.19. The lowest BCUT2D eigenvalue weighted by atomic mass is 10.1. The predicted octanol–water partition coefficient (Wildman–Crippen LogP) is 1.05. The minimum Gasteiger partial charge on any atom is -0.476 e. The summed E-state index contributed by atoms with van der Waals surface area (Å²) in [5.41, 5.74) is -0.0389. The Morgan fingerprint density at radius 3 is 2.68 bits per heavy atom. The molecule has 0 atom stereocenters. The fraction of sp³-hybridized carbons (Fsp3) is 0.357. The number of aromatic nitrogens is 4. The molecule has 2 N–H and O–H groups in total. The number of carboxylic acid groups (broad SMARTS) is 1. The number of anilines is 2. The summed E-state index contributed by atoms with van der Waals surface area (Å²) < 4.78 is 0. The number of hydrogen-bond donors (Lipinski definition) is 2. The molecule has 0 aliphatic carbocycles. The van der Waals surface area contributed by atoms with Crippen LogP contribution in [0.25, 0.3) is 0 Å². The van der Waals surface area contributed by atoms with Crippen LogP contribution in [0.15, 0.2) is 30.7 Å². The lowest BCUT2D eigenvalue weighted by Gasteiger charge is -2.33. The topological polar surface area (TPSA) is 104 Å². The molecule has 0 unspecified atom stereocenters. The van der Waals surface area contributed by atoms with E-state index in [-0.39, 0.29) is 5.69 Å². The van der Waals surface area contributed by atoms with Gasteiger partial charge in [0.05, 0.1) is 12.4 Å². The number of carbonyl (C=O) groups is 1. The van der Waals surface area contributed by atoms with Crippen molar-refractivity contribution in [3.05, 3.63) is 36.4 Å². The molecule has 1 aliphatic heterocycles. The van der Waals surface area contributed by atoms with Gasteiger partial charge >= 0.3 is 5.97 Å². The number of nitrogens with one attached hydrogen (secondary N) is 1. The van der Waals surface area contributed by atoms with E-state index < -0.39 is 5.97 Å². The summed E-state index contributed by atoms with van der Waals surface area (Å²) in [5, 5.41) is 20.1. The van der Waals surface area contributed by atoms with Gasteiger partial charge in [-0.15, -0.1) is 5.10 Å². The monoisotopic (exact) mass is 300 g/mol. The third-order valence-electron chi connectivity index (χ3n) is 3.60. The molecule has 3 rings (SSSR count). The fourth-order valence-corrected chi connectivity index (χ4v) is 2.44. The molecule has 3 heterocycles. The zero-order chi connectivity index (χ0) is 15.4. The molecule has 8 nitrogen and oxygen atoms in total. The van der Waals surface area contributed by atoms with Crippen molar-refractivity contribution in [2.75, 3.05) is 23.3 Å². The highest BCUT2D eigenvalue weighted by Gasteiger charge is 2.20. The number of hydrogen-bond acceptors (Lipinski definition) is 7. The molecule has 0 aromatic carbocycles. The van der Waals surface area contributed by atoms with Crippen molar-refractivity contribution in [3.63, 3.8) is 0 Å². The molecule has 2 aromatic heterocycles. The first kappa shape index (κ1) is 14.2. The summed E-state index contributed by atoms with van der Waals surface area (Å²) in [5.74, 6) is 0.431. The Hall–Kier alpha value is -2.77. The predicted molar refractivity (Wildman–Crippen MR) is 79.9 cm³/mol. The minimum atomic E-state index is -1.06. The van der Waals surface area contributed by atoms with Crippen LogP contribution in [0.3, 0.4) is 0 Å². The molecule has 1 fully saturated rings. The van der Waals surface area contributed by atoms with Gasteiger partial charge in [0, 0.05) is 25.3 Å². The van der Waals surface area contributed by atoms with Crippen LogP contribution < -0.4 is 10.2 Å². The summed E-state index contributed by atoms with van der Waals surface area (Å²) in [6, 6.07) is 4.10. The van der Waals surface area contributed by atoms with Gasteiger partial charge in [0.15, 0.2) is 5.69 Å². The largest absolute Gasteiger partial charge is 0.476 e. The Labute approximate surface area is 127 Å². The van der Waals surface area contributed by atoms with E-state index >= 15 is 0 Å². The maximum absolute atomic E-state index is 10.8. The van der Waals surface area contributed by atoms with Crippen molar-refractivity contribution >= 4 is 17.6 Å². The molecule has 0 amide bonds. The van der Waals surface area contributed by atoms with Crippen LogP contribution in [-0.4, -0.2) is 50.4 Å². The van der Waals surface area contributed by atoms with Crippen LogP contribution >= 0.6 is 0 Å². The highest BCUT2D eigenvalue weighted by molar-refractivity contribution is 5.84. The second-order valence-corrected chi connectivity index (χ2v) is 5.08. The zero-order valence-electron chi connectivity index (χ0n) is 11.9. The molecule has 2 aromatic rings. The Morgan fingerprint density at radius 1 is 1.27 bits per heavy atom. The van der Waals surface area contributed by atoms with Gasteiger partial charge in [0.25, 0.3) is 0 Å². The molecule has 1 aliphatic rings. The lowest BCUT2D eigenvalue weighted by Crippen LogP contribution is -2.39. The first-order valence-corrected chi connectivity index (χ1v) is 7.07. The van der Waals surface area contributed by atoms with E-state index in [4.69, 9.17) is 5.11 Å². The van der Waals surface area contributed by atoms with Crippen LogP contribution in [0.1, 0.15) is 23.3 Å². The molecule has 1 saturated heterocycles. The molecular formula is C14H16N6O2. The van der Waals surface area contributed by atoms with Crippen LogP contribution in [-0.2, 0) is 0 Å². The van der Waals surface area contributed by atoms with Gasteiger partial charge in [-0.2, -0.15) is 5.10 Å². The molecule has 22 heavy (non-hydrogen) atoms. The SMILES string of the molecule is O=C(O)c1cnc(N2CCC(Nc3cccnn3)CC2)cn1. The average Bonchev–Trinajstić information content (AvgIpc) is 2.57. The molecular weight excluding hydrogens is 284 g/mol. The number of rotatable bonds is 4. The van der Waals surface area contributed by atoms with Crippen LogP contribution in [0, 0.1) is 0 Å². The van der Waals surface area contributed by atoms with Gasteiger partial charge in [-0.1, -0.05) is 0 Å². The first-order valence-electron chi connectivity index (χ1n) is 7.07.